The molecule has 0 aliphatic carbocycles. The Balaban J connectivity index is 2.23. The van der Waals surface area contributed by atoms with Gasteiger partial charge in [-0.05, 0) is 38.1 Å². The molecule has 2 aromatic carbocycles. The topological polar surface area (TPSA) is 99.1 Å². The van der Waals surface area contributed by atoms with Crippen LogP contribution in [-0.4, -0.2) is 44.4 Å². The van der Waals surface area contributed by atoms with Gasteiger partial charge in [0, 0.05) is 35.5 Å². The van der Waals surface area contributed by atoms with Crippen molar-refractivity contribution in [2.75, 3.05) is 31.8 Å². The van der Waals surface area contributed by atoms with Gasteiger partial charge in [0.15, 0.2) is 11.4 Å². The third-order valence-corrected chi connectivity index (χ3v) is 5.15. The van der Waals surface area contributed by atoms with E-state index in [4.69, 9.17) is 10.1 Å². The molecule has 4 N–H and O–H groups in total. The van der Waals surface area contributed by atoms with Gasteiger partial charge in [0.2, 0.25) is 5.91 Å². The minimum atomic E-state index is -0.398. The number of methoxy groups -OCH3 is 1. The molecular formula is C26H27N5O2. The quantitative estimate of drug-likeness (QED) is 0.331. The summed E-state index contributed by atoms with van der Waals surface area (Å²) in [5.74, 6) is 6.83. The first kappa shape index (κ1) is 23.5. The van der Waals surface area contributed by atoms with Crippen LogP contribution in [0.25, 0.3) is 11.1 Å². The molecule has 0 saturated carbocycles. The van der Waals surface area contributed by atoms with E-state index in [9.17, 15) is 4.79 Å². The van der Waals surface area contributed by atoms with Crippen LogP contribution in [0.2, 0.25) is 0 Å². The van der Waals surface area contributed by atoms with Gasteiger partial charge in [-0.2, -0.15) is 0 Å². The van der Waals surface area contributed by atoms with Gasteiger partial charge in [0.25, 0.3) is 0 Å². The second-order valence-electron chi connectivity index (χ2n) is 7.22. The SMILES string of the molecule is CNc1c(C=N)cccc1-c1cc(NC(=O)C(C)NC)nc(C#Cc2ccccc2)c1OC. The van der Waals surface area contributed by atoms with Crippen LogP contribution in [0.15, 0.2) is 54.6 Å². The van der Waals surface area contributed by atoms with Gasteiger partial charge in [0.05, 0.1) is 18.8 Å². The number of carbonyl (C=O) groups excluding carboxylic acids is 1. The Morgan fingerprint density at radius 3 is 2.48 bits per heavy atom. The van der Waals surface area contributed by atoms with Gasteiger partial charge < -0.3 is 26.1 Å². The van der Waals surface area contributed by atoms with Crippen LogP contribution in [0, 0.1) is 17.3 Å². The fourth-order valence-electron chi connectivity index (χ4n) is 3.30. The van der Waals surface area contributed by atoms with Crippen molar-refractivity contribution >= 4 is 23.6 Å². The van der Waals surface area contributed by atoms with Gasteiger partial charge in [-0.1, -0.05) is 42.3 Å². The molecule has 33 heavy (non-hydrogen) atoms. The molecule has 7 nitrogen and oxygen atoms in total. The summed E-state index contributed by atoms with van der Waals surface area (Å²) < 4.78 is 5.75. The lowest BCUT2D eigenvalue weighted by molar-refractivity contribution is -0.117. The van der Waals surface area contributed by atoms with E-state index in [1.54, 1.807) is 34.2 Å². The van der Waals surface area contributed by atoms with Gasteiger partial charge >= 0.3 is 0 Å². The summed E-state index contributed by atoms with van der Waals surface area (Å²) in [5.41, 5.74) is 4.22. The first-order valence-corrected chi connectivity index (χ1v) is 10.5. The molecule has 0 fully saturated rings. The van der Waals surface area contributed by atoms with E-state index in [0.717, 1.165) is 22.4 Å². The van der Waals surface area contributed by atoms with Crippen molar-refractivity contribution in [2.45, 2.75) is 13.0 Å². The molecule has 0 aliphatic rings. The highest BCUT2D eigenvalue weighted by molar-refractivity contribution is 5.97. The Bertz CT molecular complexity index is 1210. The van der Waals surface area contributed by atoms with Crippen molar-refractivity contribution in [3.63, 3.8) is 0 Å². The number of hydrogen-bond donors (Lipinski definition) is 4. The Labute approximate surface area is 194 Å². The van der Waals surface area contributed by atoms with E-state index >= 15 is 0 Å². The molecule has 1 unspecified atom stereocenters. The number of para-hydroxylation sites is 1. The highest BCUT2D eigenvalue weighted by atomic mass is 16.5. The average Bonchev–Trinajstić information content (AvgIpc) is 2.86. The van der Waals surface area contributed by atoms with Crippen molar-refractivity contribution in [1.29, 1.82) is 5.41 Å². The molecule has 0 aliphatic heterocycles. The number of amides is 1. The normalized spacial score (nSPS) is 11.0. The third-order valence-electron chi connectivity index (χ3n) is 5.15. The molecule has 0 saturated heterocycles. The van der Waals surface area contributed by atoms with Crippen molar-refractivity contribution < 1.29 is 9.53 Å². The lowest BCUT2D eigenvalue weighted by Crippen LogP contribution is -2.35. The molecular weight excluding hydrogens is 414 g/mol. The lowest BCUT2D eigenvalue weighted by Gasteiger charge is -2.18. The van der Waals surface area contributed by atoms with Crippen molar-refractivity contribution in [2.24, 2.45) is 0 Å². The molecule has 0 radical (unpaired) electrons. The van der Waals surface area contributed by atoms with Crippen molar-refractivity contribution in [1.82, 2.24) is 10.3 Å². The van der Waals surface area contributed by atoms with Gasteiger partial charge in [-0.25, -0.2) is 4.98 Å². The monoisotopic (exact) mass is 441 g/mol. The summed E-state index contributed by atoms with van der Waals surface area (Å²) in [6, 6.07) is 16.6. The van der Waals surface area contributed by atoms with Crippen LogP contribution in [0.3, 0.4) is 0 Å². The number of likely N-dealkylation sites (N-methyl/N-ethyl adjacent to an activating group) is 1. The van der Waals surface area contributed by atoms with E-state index in [1.165, 1.54) is 6.21 Å². The van der Waals surface area contributed by atoms with Crippen molar-refractivity contribution in [3.05, 3.63) is 71.4 Å². The fourth-order valence-corrected chi connectivity index (χ4v) is 3.30. The number of aromatic nitrogens is 1. The Morgan fingerprint density at radius 2 is 1.85 bits per heavy atom. The summed E-state index contributed by atoms with van der Waals surface area (Å²) in [7, 11) is 5.08. The number of hydrogen-bond acceptors (Lipinski definition) is 6. The van der Waals surface area contributed by atoms with Crippen LogP contribution in [0.4, 0.5) is 11.5 Å². The molecule has 7 heteroatoms. The second-order valence-corrected chi connectivity index (χ2v) is 7.22. The van der Waals surface area contributed by atoms with E-state index in [1.807, 2.05) is 48.5 Å². The predicted octanol–water partition coefficient (Wildman–Crippen LogP) is 3.74. The smallest absolute Gasteiger partial charge is 0.242 e. The van der Waals surface area contributed by atoms with E-state index < -0.39 is 6.04 Å². The number of carbonyl (C=O) groups is 1. The maximum Gasteiger partial charge on any atom is 0.242 e. The van der Waals surface area contributed by atoms with Crippen molar-refractivity contribution in [3.8, 4) is 28.7 Å². The molecule has 0 bridgehead atoms. The van der Waals surface area contributed by atoms with E-state index in [0.29, 0.717) is 22.8 Å². The summed E-state index contributed by atoms with van der Waals surface area (Å²) in [4.78, 5) is 17.1. The zero-order chi connectivity index (χ0) is 23.8. The Morgan fingerprint density at radius 1 is 1.09 bits per heavy atom. The number of benzene rings is 2. The summed E-state index contributed by atoms with van der Waals surface area (Å²) in [6.07, 6.45) is 1.29. The van der Waals surface area contributed by atoms with Crippen LogP contribution in [0.1, 0.15) is 23.7 Å². The summed E-state index contributed by atoms with van der Waals surface area (Å²) >= 11 is 0. The molecule has 1 heterocycles. The lowest BCUT2D eigenvalue weighted by atomic mass is 9.99. The molecule has 1 aromatic heterocycles. The van der Waals surface area contributed by atoms with E-state index in [2.05, 4.69) is 32.8 Å². The second kappa shape index (κ2) is 10.9. The van der Waals surface area contributed by atoms with Crippen LogP contribution >= 0.6 is 0 Å². The highest BCUT2D eigenvalue weighted by Crippen LogP contribution is 2.39. The maximum absolute atomic E-state index is 12.5. The minimum absolute atomic E-state index is 0.217. The highest BCUT2D eigenvalue weighted by Gasteiger charge is 2.19. The minimum Gasteiger partial charge on any atom is -0.493 e. The summed E-state index contributed by atoms with van der Waals surface area (Å²) in [5, 5.41) is 16.7. The third kappa shape index (κ3) is 5.37. The molecule has 0 spiro atoms. The number of pyridine rings is 1. The molecule has 1 amide bonds. The first-order valence-electron chi connectivity index (χ1n) is 10.5. The standard InChI is InChI=1S/C26H27N5O2/c1-17(28-2)26(32)31-23-15-21(20-12-8-11-19(16-27)24(20)29-3)25(33-4)22(30-23)14-13-18-9-6-5-7-10-18/h5-12,15-17,27-29H,1-4H3,(H,30,31,32). The number of nitrogens with one attached hydrogen (secondary N) is 4. The van der Waals surface area contributed by atoms with Crippen LogP contribution < -0.4 is 20.7 Å². The molecule has 3 rings (SSSR count). The number of rotatable bonds is 7. The Kier molecular flexibility index (Phi) is 7.79. The van der Waals surface area contributed by atoms with Gasteiger partial charge in [-0.3, -0.25) is 4.79 Å². The van der Waals surface area contributed by atoms with Gasteiger partial charge in [-0.15, -0.1) is 0 Å². The largest absolute Gasteiger partial charge is 0.493 e. The number of nitrogens with zero attached hydrogens (tertiary/aromatic N) is 1. The predicted molar refractivity (Wildman–Crippen MR) is 133 cm³/mol. The number of ether oxygens (including phenoxy) is 1. The van der Waals surface area contributed by atoms with Crippen LogP contribution in [0.5, 0.6) is 5.75 Å². The zero-order valence-corrected chi connectivity index (χ0v) is 19.1. The maximum atomic E-state index is 12.5. The zero-order valence-electron chi connectivity index (χ0n) is 19.1. The molecule has 1 atom stereocenters. The number of anilines is 2. The van der Waals surface area contributed by atoms with E-state index in [-0.39, 0.29) is 5.91 Å². The van der Waals surface area contributed by atoms with Crippen LogP contribution in [-0.2, 0) is 4.79 Å². The summed E-state index contributed by atoms with van der Waals surface area (Å²) in [6.45, 7) is 1.77. The van der Waals surface area contributed by atoms with Gasteiger partial charge in [0.1, 0.15) is 5.82 Å². The molecule has 168 valence electrons. The average molecular weight is 442 g/mol. The first-order chi connectivity index (χ1) is 16.0. The fraction of sp³-hybridized carbons (Fsp3) is 0.192. The Hall–Kier alpha value is -4.15. The molecule has 3 aromatic rings.